The lowest BCUT2D eigenvalue weighted by atomic mass is 9.72. The van der Waals surface area contributed by atoms with Crippen molar-refractivity contribution >= 4 is 10.8 Å². The highest BCUT2D eigenvalue weighted by atomic mass is 14.3. The van der Waals surface area contributed by atoms with Crippen LogP contribution in [0.15, 0.2) is 24.3 Å². The van der Waals surface area contributed by atoms with Crippen molar-refractivity contribution in [1.82, 2.24) is 0 Å². The third kappa shape index (κ3) is 3.53. The zero-order valence-electron chi connectivity index (χ0n) is 17.5. The quantitative estimate of drug-likeness (QED) is 0.531. The summed E-state index contributed by atoms with van der Waals surface area (Å²) >= 11 is 0. The Morgan fingerprint density at radius 2 is 1.29 bits per heavy atom. The van der Waals surface area contributed by atoms with Crippen LogP contribution in [0, 0.1) is 0 Å². The van der Waals surface area contributed by atoms with E-state index in [2.05, 4.69) is 93.5 Å². The van der Waals surface area contributed by atoms with Crippen LogP contribution in [0.25, 0.3) is 10.8 Å². The third-order valence-electron chi connectivity index (χ3n) is 5.02. The van der Waals surface area contributed by atoms with E-state index in [1.807, 2.05) is 0 Å². The molecule has 0 aliphatic carbocycles. The van der Waals surface area contributed by atoms with E-state index in [0.717, 1.165) is 0 Å². The molecular formula is C24H36. The standard InChI is InChI=1S/C24H36/c1-15(2)18-13-17-11-12-19(16(3)4)22(24(8,9)10)21(17)20(14-18)23(5,6)7/h11-16H,1-10H3. The molecule has 132 valence electrons. The molecule has 0 aliphatic rings. The first-order valence-electron chi connectivity index (χ1n) is 9.45. The van der Waals surface area contributed by atoms with Crippen LogP contribution < -0.4 is 0 Å². The lowest BCUT2D eigenvalue weighted by Crippen LogP contribution is -2.20. The highest BCUT2D eigenvalue weighted by Crippen LogP contribution is 2.42. The average molecular weight is 325 g/mol. The molecule has 0 heterocycles. The molecule has 0 bridgehead atoms. The van der Waals surface area contributed by atoms with Gasteiger partial charge in [0, 0.05) is 0 Å². The van der Waals surface area contributed by atoms with Gasteiger partial charge in [-0.2, -0.15) is 0 Å². The number of hydrogen-bond donors (Lipinski definition) is 0. The van der Waals surface area contributed by atoms with E-state index < -0.39 is 0 Å². The molecule has 0 nitrogen and oxygen atoms in total. The van der Waals surface area contributed by atoms with Crippen LogP contribution in [0.1, 0.15) is 103 Å². The lowest BCUT2D eigenvalue weighted by Gasteiger charge is -2.32. The summed E-state index contributed by atoms with van der Waals surface area (Å²) in [6, 6.07) is 9.59. The maximum absolute atomic E-state index is 2.46. The molecule has 0 N–H and O–H groups in total. The van der Waals surface area contributed by atoms with Crippen LogP contribution in [0.5, 0.6) is 0 Å². The van der Waals surface area contributed by atoms with E-state index in [1.165, 1.54) is 33.0 Å². The number of benzene rings is 2. The summed E-state index contributed by atoms with van der Waals surface area (Å²) in [6.07, 6.45) is 0. The van der Waals surface area contributed by atoms with E-state index in [0.29, 0.717) is 11.8 Å². The smallest absolute Gasteiger partial charge is 0.0106 e. The fourth-order valence-corrected chi connectivity index (χ4v) is 3.72. The molecule has 2 rings (SSSR count). The van der Waals surface area contributed by atoms with Crippen molar-refractivity contribution in [2.45, 2.75) is 91.9 Å². The Morgan fingerprint density at radius 3 is 1.71 bits per heavy atom. The molecule has 0 heteroatoms. The van der Waals surface area contributed by atoms with E-state index >= 15 is 0 Å². The second kappa shape index (κ2) is 6.21. The minimum Gasteiger partial charge on any atom is -0.0587 e. The van der Waals surface area contributed by atoms with Gasteiger partial charge in [0.25, 0.3) is 0 Å². The summed E-state index contributed by atoms with van der Waals surface area (Å²) < 4.78 is 0. The van der Waals surface area contributed by atoms with Crippen molar-refractivity contribution < 1.29 is 0 Å². The predicted molar refractivity (Wildman–Crippen MR) is 110 cm³/mol. The normalized spacial score (nSPS) is 13.3. The maximum Gasteiger partial charge on any atom is -0.0106 e. The van der Waals surface area contributed by atoms with Gasteiger partial charge in [0.15, 0.2) is 0 Å². The summed E-state index contributed by atoms with van der Waals surface area (Å²) in [4.78, 5) is 0. The number of rotatable bonds is 2. The Kier molecular flexibility index (Phi) is 4.92. The van der Waals surface area contributed by atoms with Gasteiger partial charge in [-0.05, 0) is 55.7 Å². The second-order valence-corrected chi connectivity index (χ2v) is 10.0. The van der Waals surface area contributed by atoms with E-state index in [9.17, 15) is 0 Å². The lowest BCUT2D eigenvalue weighted by molar-refractivity contribution is 0.572. The molecule has 24 heavy (non-hydrogen) atoms. The Balaban J connectivity index is 3.06. The van der Waals surface area contributed by atoms with Gasteiger partial charge in [0.1, 0.15) is 0 Å². The fraction of sp³-hybridized carbons (Fsp3) is 0.583. The molecule has 2 aromatic rings. The van der Waals surface area contributed by atoms with Crippen molar-refractivity contribution in [2.75, 3.05) is 0 Å². The SMILES string of the molecule is CC(C)c1cc(C(C)(C)C)c2c(C(C)(C)C)c(C(C)C)ccc2c1. The first-order chi connectivity index (χ1) is 10.8. The zero-order chi connectivity index (χ0) is 18.4. The van der Waals surface area contributed by atoms with Crippen molar-refractivity contribution in [2.24, 2.45) is 0 Å². The third-order valence-corrected chi connectivity index (χ3v) is 5.02. The Labute approximate surface area is 149 Å². The molecule has 0 unspecified atom stereocenters. The molecule has 0 aliphatic heterocycles. The first-order valence-corrected chi connectivity index (χ1v) is 9.45. The predicted octanol–water partition coefficient (Wildman–Crippen LogP) is 7.68. The van der Waals surface area contributed by atoms with Crippen molar-refractivity contribution in [3.63, 3.8) is 0 Å². The van der Waals surface area contributed by atoms with Crippen LogP contribution in [0.3, 0.4) is 0 Å². The molecule has 0 atom stereocenters. The minimum atomic E-state index is 0.137. The van der Waals surface area contributed by atoms with Gasteiger partial charge < -0.3 is 0 Å². The maximum atomic E-state index is 2.46. The van der Waals surface area contributed by atoms with Crippen LogP contribution in [-0.2, 0) is 10.8 Å². The summed E-state index contributed by atoms with van der Waals surface area (Å²) in [5.74, 6) is 1.10. The molecular weight excluding hydrogens is 288 g/mol. The Morgan fingerprint density at radius 1 is 0.708 bits per heavy atom. The zero-order valence-corrected chi connectivity index (χ0v) is 17.5. The van der Waals surface area contributed by atoms with Gasteiger partial charge in [-0.3, -0.25) is 0 Å². The molecule has 0 saturated carbocycles. The van der Waals surface area contributed by atoms with Gasteiger partial charge >= 0.3 is 0 Å². The van der Waals surface area contributed by atoms with Gasteiger partial charge in [0.2, 0.25) is 0 Å². The highest BCUT2D eigenvalue weighted by Gasteiger charge is 2.27. The summed E-state index contributed by atoms with van der Waals surface area (Å²) in [7, 11) is 0. The van der Waals surface area contributed by atoms with Crippen LogP contribution in [-0.4, -0.2) is 0 Å². The van der Waals surface area contributed by atoms with Crippen LogP contribution in [0.4, 0.5) is 0 Å². The molecule has 0 aromatic heterocycles. The Hall–Kier alpha value is -1.30. The monoisotopic (exact) mass is 324 g/mol. The van der Waals surface area contributed by atoms with Crippen molar-refractivity contribution in [1.29, 1.82) is 0 Å². The number of fused-ring (bicyclic) bond motifs is 1. The van der Waals surface area contributed by atoms with Gasteiger partial charge in [0.05, 0.1) is 0 Å². The number of hydrogen-bond acceptors (Lipinski definition) is 0. The molecule has 0 fully saturated rings. The van der Waals surface area contributed by atoms with E-state index in [4.69, 9.17) is 0 Å². The van der Waals surface area contributed by atoms with Crippen molar-refractivity contribution in [3.05, 3.63) is 46.5 Å². The van der Waals surface area contributed by atoms with E-state index in [-0.39, 0.29) is 10.8 Å². The van der Waals surface area contributed by atoms with Gasteiger partial charge in [-0.1, -0.05) is 93.5 Å². The highest BCUT2D eigenvalue weighted by molar-refractivity contribution is 5.92. The molecule has 0 radical (unpaired) electrons. The first kappa shape index (κ1) is 19.0. The van der Waals surface area contributed by atoms with Gasteiger partial charge in [-0.25, -0.2) is 0 Å². The molecule has 0 amide bonds. The van der Waals surface area contributed by atoms with Crippen molar-refractivity contribution in [3.8, 4) is 0 Å². The average Bonchev–Trinajstić information content (AvgIpc) is 2.42. The minimum absolute atomic E-state index is 0.137. The molecule has 0 saturated heterocycles. The van der Waals surface area contributed by atoms with Gasteiger partial charge in [-0.15, -0.1) is 0 Å². The fourth-order valence-electron chi connectivity index (χ4n) is 3.72. The summed E-state index contributed by atoms with van der Waals surface area (Å²) in [5.41, 5.74) is 6.26. The molecule has 0 spiro atoms. The largest absolute Gasteiger partial charge is 0.0587 e. The second-order valence-electron chi connectivity index (χ2n) is 10.0. The topological polar surface area (TPSA) is 0 Å². The van der Waals surface area contributed by atoms with E-state index in [1.54, 1.807) is 0 Å². The van der Waals surface area contributed by atoms with Crippen LogP contribution >= 0.6 is 0 Å². The van der Waals surface area contributed by atoms with Crippen LogP contribution in [0.2, 0.25) is 0 Å². The summed E-state index contributed by atoms with van der Waals surface area (Å²) in [5, 5.41) is 2.89. The molecule has 2 aromatic carbocycles. The Bertz CT molecular complexity index is 731. The summed E-state index contributed by atoms with van der Waals surface area (Å²) in [6.45, 7) is 23.3.